The average molecular weight is 176 g/mol. The second-order valence-electron chi connectivity index (χ2n) is 1.57. The summed E-state index contributed by atoms with van der Waals surface area (Å²) in [6.45, 7) is 0. The molecular weight excluding hydrogens is 168 g/mol. The summed E-state index contributed by atoms with van der Waals surface area (Å²) in [4.78, 5) is 19.5. The maximum atomic E-state index is 9.77. The second-order valence-corrected chi connectivity index (χ2v) is 1.57. The fourth-order valence-corrected chi connectivity index (χ4v) is 0.270. The second kappa shape index (κ2) is 5.30. The van der Waals surface area contributed by atoms with Crippen LogP contribution in [0, 0.1) is 0 Å². The molecule has 0 bridgehead atoms. The predicted octanol–water partition coefficient (Wildman–Crippen LogP) is -2.28. The molecule has 4 N–H and O–H groups in total. The molecule has 0 saturated carbocycles. The largest absolute Gasteiger partial charge is 2.00 e. The van der Waals surface area contributed by atoms with Gasteiger partial charge in [0.25, 0.3) is 0 Å². The van der Waals surface area contributed by atoms with E-state index in [-0.39, 0.29) is 25.9 Å². The summed E-state index contributed by atoms with van der Waals surface area (Å²) in [6, 6.07) is 0. The smallest absolute Gasteiger partial charge is 1.00 e. The van der Waals surface area contributed by atoms with E-state index in [1.54, 1.807) is 0 Å². The third kappa shape index (κ3) is 4.14. The SMILES string of the molecule is O=C(O)C(O)C(O)C(=O)O.[H-].[H-].[Mg+2]. The van der Waals surface area contributed by atoms with Gasteiger partial charge in [0.1, 0.15) is 0 Å². The van der Waals surface area contributed by atoms with Crippen LogP contribution in [-0.2, 0) is 9.59 Å². The number of carbonyl (C=O) groups is 2. The molecule has 0 spiro atoms. The van der Waals surface area contributed by atoms with Gasteiger partial charge in [-0.1, -0.05) is 0 Å². The number of aliphatic hydroxyl groups is 2. The Morgan fingerprint density at radius 2 is 1.18 bits per heavy atom. The molecule has 7 heteroatoms. The first-order valence-corrected chi connectivity index (χ1v) is 2.28. The van der Waals surface area contributed by atoms with Crippen molar-refractivity contribution in [1.29, 1.82) is 0 Å². The molecule has 0 heterocycles. The zero-order chi connectivity index (χ0) is 8.31. The fraction of sp³-hybridized carbons (Fsp3) is 0.500. The zero-order valence-electron chi connectivity index (χ0n) is 7.47. The standard InChI is InChI=1S/C4H6O6.Mg.2H/c5-1(3(7)8)2(6)4(9)10;;;/h1-2,5-6H,(H,7,8)(H,9,10);;;/q;+2;2*-1. The summed E-state index contributed by atoms with van der Waals surface area (Å²) in [5.74, 6) is -3.54. The van der Waals surface area contributed by atoms with Gasteiger partial charge in [0.05, 0.1) is 0 Å². The van der Waals surface area contributed by atoms with Crippen molar-refractivity contribution in [3.63, 3.8) is 0 Å². The molecule has 11 heavy (non-hydrogen) atoms. The van der Waals surface area contributed by atoms with Gasteiger partial charge in [-0.15, -0.1) is 0 Å². The monoisotopic (exact) mass is 176 g/mol. The van der Waals surface area contributed by atoms with Gasteiger partial charge >= 0.3 is 35.0 Å². The molecule has 0 aromatic carbocycles. The fourth-order valence-electron chi connectivity index (χ4n) is 0.270. The van der Waals surface area contributed by atoms with Gasteiger partial charge in [0.15, 0.2) is 12.2 Å². The molecule has 62 valence electrons. The van der Waals surface area contributed by atoms with Crippen molar-refractivity contribution in [2.24, 2.45) is 0 Å². The van der Waals surface area contributed by atoms with E-state index in [0.29, 0.717) is 0 Å². The maximum absolute atomic E-state index is 9.77. The Kier molecular flexibility index (Phi) is 6.37. The zero-order valence-corrected chi connectivity index (χ0v) is 6.88. The number of carboxylic acid groups (broad SMARTS) is 2. The van der Waals surface area contributed by atoms with Gasteiger partial charge in [0, 0.05) is 0 Å². The molecule has 0 amide bonds. The van der Waals surface area contributed by atoms with Gasteiger partial charge < -0.3 is 23.3 Å². The normalized spacial score (nSPS) is 14.4. The van der Waals surface area contributed by atoms with Crippen molar-refractivity contribution in [3.8, 4) is 0 Å². The molecule has 0 aliphatic rings. The van der Waals surface area contributed by atoms with E-state index in [4.69, 9.17) is 20.4 Å². The van der Waals surface area contributed by atoms with Crippen LogP contribution in [0.25, 0.3) is 0 Å². The molecule has 0 rings (SSSR count). The minimum atomic E-state index is -2.27. The minimum absolute atomic E-state index is 0. The molecule has 0 aliphatic heterocycles. The van der Waals surface area contributed by atoms with Crippen LogP contribution in [-0.4, -0.2) is 67.6 Å². The summed E-state index contributed by atoms with van der Waals surface area (Å²) in [5, 5.41) is 32.5. The summed E-state index contributed by atoms with van der Waals surface area (Å²) in [6.07, 6.45) is -4.53. The molecule has 0 aromatic rings. The van der Waals surface area contributed by atoms with Crippen LogP contribution in [0.15, 0.2) is 0 Å². The van der Waals surface area contributed by atoms with Crippen LogP contribution < -0.4 is 0 Å². The first-order chi connectivity index (χ1) is 4.46. The van der Waals surface area contributed by atoms with Gasteiger partial charge in [0.2, 0.25) is 0 Å². The summed E-state index contributed by atoms with van der Waals surface area (Å²) in [5.41, 5.74) is 0. The van der Waals surface area contributed by atoms with Crippen LogP contribution in [0.2, 0.25) is 0 Å². The quantitative estimate of drug-likeness (QED) is 0.360. The molecule has 0 aromatic heterocycles. The van der Waals surface area contributed by atoms with E-state index in [0.717, 1.165) is 0 Å². The van der Waals surface area contributed by atoms with Crippen LogP contribution in [0.4, 0.5) is 0 Å². The molecule has 6 nitrogen and oxygen atoms in total. The van der Waals surface area contributed by atoms with Crippen LogP contribution in [0.5, 0.6) is 0 Å². The van der Waals surface area contributed by atoms with E-state index in [9.17, 15) is 9.59 Å². The Labute approximate surface area is 80.6 Å². The van der Waals surface area contributed by atoms with Crippen molar-refractivity contribution in [2.75, 3.05) is 0 Å². The van der Waals surface area contributed by atoms with E-state index < -0.39 is 24.1 Å². The van der Waals surface area contributed by atoms with Crippen molar-refractivity contribution in [3.05, 3.63) is 0 Å². The van der Waals surface area contributed by atoms with Crippen molar-refractivity contribution in [2.45, 2.75) is 12.2 Å². The third-order valence-electron chi connectivity index (χ3n) is 0.805. The maximum Gasteiger partial charge on any atom is 2.00 e. The molecule has 0 saturated heterocycles. The number of hydrogen-bond acceptors (Lipinski definition) is 4. The van der Waals surface area contributed by atoms with Crippen LogP contribution in [0.3, 0.4) is 0 Å². The molecule has 0 radical (unpaired) electrons. The van der Waals surface area contributed by atoms with E-state index in [1.165, 1.54) is 0 Å². The van der Waals surface area contributed by atoms with Gasteiger partial charge in [-0.05, 0) is 0 Å². The van der Waals surface area contributed by atoms with Gasteiger partial charge in [-0.25, -0.2) is 9.59 Å². The van der Waals surface area contributed by atoms with Crippen molar-refractivity contribution < 1.29 is 32.9 Å². The minimum Gasteiger partial charge on any atom is -1.00 e. The molecule has 2 unspecified atom stereocenters. The number of carboxylic acids is 2. The summed E-state index contributed by atoms with van der Waals surface area (Å²) >= 11 is 0. The number of rotatable bonds is 3. The first-order valence-electron chi connectivity index (χ1n) is 2.28. The molecule has 0 aliphatic carbocycles. The molecular formula is C4H8MgO6. The van der Waals surface area contributed by atoms with E-state index in [1.807, 2.05) is 0 Å². The van der Waals surface area contributed by atoms with Crippen LogP contribution in [0.1, 0.15) is 2.85 Å². The van der Waals surface area contributed by atoms with Crippen molar-refractivity contribution >= 4 is 35.0 Å². The van der Waals surface area contributed by atoms with Gasteiger partial charge in [-0.3, -0.25) is 0 Å². The van der Waals surface area contributed by atoms with E-state index >= 15 is 0 Å². The Bertz CT molecular complexity index is 147. The average Bonchev–Trinajstić information content (AvgIpc) is 1.84. The Morgan fingerprint density at radius 3 is 1.27 bits per heavy atom. The first kappa shape index (κ1) is 13.2. The number of aliphatic carboxylic acids is 2. The summed E-state index contributed by atoms with van der Waals surface area (Å²) in [7, 11) is 0. The Morgan fingerprint density at radius 1 is 1.00 bits per heavy atom. The third-order valence-corrected chi connectivity index (χ3v) is 0.805. The van der Waals surface area contributed by atoms with Crippen molar-refractivity contribution in [1.82, 2.24) is 0 Å². The van der Waals surface area contributed by atoms with Crippen LogP contribution >= 0.6 is 0 Å². The Hall–Kier alpha value is -0.374. The number of hydrogen-bond donors (Lipinski definition) is 4. The number of aliphatic hydroxyl groups excluding tert-OH is 2. The Balaban J connectivity index is -0.000000135. The summed E-state index contributed by atoms with van der Waals surface area (Å²) < 4.78 is 0. The molecule has 2 atom stereocenters. The van der Waals surface area contributed by atoms with E-state index in [2.05, 4.69) is 0 Å². The van der Waals surface area contributed by atoms with Gasteiger partial charge in [-0.2, -0.15) is 0 Å². The molecule has 0 fully saturated rings. The predicted molar refractivity (Wildman–Crippen MR) is 35.3 cm³/mol. The topological polar surface area (TPSA) is 115 Å².